The predicted molar refractivity (Wildman–Crippen MR) is 118 cm³/mol. The van der Waals surface area contributed by atoms with Crippen LogP contribution < -0.4 is 25.2 Å². The molecule has 0 atom stereocenters. The molecule has 0 radical (unpaired) electrons. The second kappa shape index (κ2) is 11.0. The zero-order chi connectivity index (χ0) is 22.9. The minimum atomic E-state index is -0.745. The van der Waals surface area contributed by atoms with Crippen molar-refractivity contribution in [3.05, 3.63) is 64.5 Å². The second-order valence-electron chi connectivity index (χ2n) is 7.00. The summed E-state index contributed by atoms with van der Waals surface area (Å²) >= 11 is 0. The van der Waals surface area contributed by atoms with E-state index in [0.29, 0.717) is 30.7 Å². The predicted octanol–water partition coefficient (Wildman–Crippen LogP) is 3.71. The largest absolute Gasteiger partial charge is 0.497 e. The number of hydrogen-bond acceptors (Lipinski definition) is 7. The summed E-state index contributed by atoms with van der Waals surface area (Å²) in [7, 11) is 1.59. The van der Waals surface area contributed by atoms with E-state index in [1.54, 1.807) is 43.5 Å². The molecule has 1 aromatic heterocycles. The van der Waals surface area contributed by atoms with Gasteiger partial charge in [-0.2, -0.15) is 0 Å². The smallest absolute Gasteiger partial charge is 0.349 e. The molecule has 0 aliphatic rings. The third-order valence-corrected chi connectivity index (χ3v) is 4.57. The van der Waals surface area contributed by atoms with Gasteiger partial charge >= 0.3 is 11.6 Å². The normalized spacial score (nSPS) is 10.6. The lowest BCUT2D eigenvalue weighted by Gasteiger charge is -2.08. The number of amides is 1. The van der Waals surface area contributed by atoms with E-state index < -0.39 is 17.5 Å². The lowest BCUT2D eigenvalue weighted by molar-refractivity contribution is -0.134. The van der Waals surface area contributed by atoms with Crippen LogP contribution in [0.25, 0.3) is 11.0 Å². The van der Waals surface area contributed by atoms with Gasteiger partial charge in [0.25, 0.3) is 5.91 Å². The standard InChI is InChI=1S/C24H25NO7/c1-3-12-25-23(27)20-14-16-6-7-19(15-21(16)32-24(20)28)31-22(26)5-4-13-30-18-10-8-17(29-2)9-11-18/h6-11,14-15H,3-5,12-13H2,1-2H3,(H,25,27). The van der Waals surface area contributed by atoms with Gasteiger partial charge in [-0.3, -0.25) is 9.59 Å². The molecular formula is C24H25NO7. The molecule has 32 heavy (non-hydrogen) atoms. The summed E-state index contributed by atoms with van der Waals surface area (Å²) in [4.78, 5) is 36.3. The maximum absolute atomic E-state index is 12.1. The number of ether oxygens (including phenoxy) is 3. The molecule has 0 fully saturated rings. The van der Waals surface area contributed by atoms with Crippen molar-refractivity contribution in [1.29, 1.82) is 0 Å². The first kappa shape index (κ1) is 22.9. The van der Waals surface area contributed by atoms with Crippen LogP contribution in [0.2, 0.25) is 0 Å². The van der Waals surface area contributed by atoms with E-state index in [4.69, 9.17) is 18.6 Å². The zero-order valence-corrected chi connectivity index (χ0v) is 18.0. The number of fused-ring (bicyclic) bond motifs is 1. The fraction of sp³-hybridized carbons (Fsp3) is 0.292. The van der Waals surface area contributed by atoms with Gasteiger partial charge in [0.1, 0.15) is 28.4 Å². The first-order valence-corrected chi connectivity index (χ1v) is 10.3. The fourth-order valence-corrected chi connectivity index (χ4v) is 2.91. The van der Waals surface area contributed by atoms with E-state index in [9.17, 15) is 14.4 Å². The van der Waals surface area contributed by atoms with Crippen LogP contribution in [-0.2, 0) is 4.79 Å². The van der Waals surface area contributed by atoms with Crippen LogP contribution in [0.1, 0.15) is 36.5 Å². The van der Waals surface area contributed by atoms with Crippen LogP contribution in [0.15, 0.2) is 57.7 Å². The highest BCUT2D eigenvalue weighted by atomic mass is 16.5. The van der Waals surface area contributed by atoms with Crippen molar-refractivity contribution < 1.29 is 28.2 Å². The van der Waals surface area contributed by atoms with Crippen LogP contribution in [0.4, 0.5) is 0 Å². The second-order valence-corrected chi connectivity index (χ2v) is 7.00. The summed E-state index contributed by atoms with van der Waals surface area (Å²) in [6.07, 6.45) is 1.39. The molecular weight excluding hydrogens is 414 g/mol. The molecule has 2 aromatic carbocycles. The van der Waals surface area contributed by atoms with Crippen molar-refractivity contribution in [2.24, 2.45) is 0 Å². The Balaban J connectivity index is 1.54. The van der Waals surface area contributed by atoms with Gasteiger partial charge in [-0.25, -0.2) is 4.79 Å². The third-order valence-electron chi connectivity index (χ3n) is 4.57. The maximum atomic E-state index is 12.1. The number of nitrogens with one attached hydrogen (secondary N) is 1. The average Bonchev–Trinajstić information content (AvgIpc) is 2.80. The van der Waals surface area contributed by atoms with Crippen molar-refractivity contribution in [1.82, 2.24) is 5.32 Å². The number of esters is 1. The van der Waals surface area contributed by atoms with Crippen LogP contribution in [0.3, 0.4) is 0 Å². The van der Waals surface area contributed by atoms with Gasteiger partial charge in [0.15, 0.2) is 0 Å². The Morgan fingerprint density at radius 1 is 1.00 bits per heavy atom. The van der Waals surface area contributed by atoms with E-state index in [1.807, 2.05) is 6.92 Å². The van der Waals surface area contributed by atoms with Gasteiger partial charge in [0, 0.05) is 24.4 Å². The third kappa shape index (κ3) is 6.10. The van der Waals surface area contributed by atoms with Crippen LogP contribution in [0, 0.1) is 0 Å². The van der Waals surface area contributed by atoms with E-state index >= 15 is 0 Å². The summed E-state index contributed by atoms with van der Waals surface area (Å²) in [6.45, 7) is 2.74. The van der Waals surface area contributed by atoms with Crippen molar-refractivity contribution in [3.63, 3.8) is 0 Å². The van der Waals surface area contributed by atoms with Gasteiger partial charge < -0.3 is 23.9 Å². The quantitative estimate of drug-likeness (QED) is 0.222. The molecule has 0 saturated carbocycles. The van der Waals surface area contributed by atoms with Gasteiger partial charge in [-0.05, 0) is 55.3 Å². The van der Waals surface area contributed by atoms with Crippen molar-refractivity contribution in [3.8, 4) is 17.2 Å². The van der Waals surface area contributed by atoms with Gasteiger partial charge in [-0.1, -0.05) is 6.92 Å². The molecule has 1 heterocycles. The molecule has 0 bridgehead atoms. The van der Waals surface area contributed by atoms with Crippen molar-refractivity contribution in [2.45, 2.75) is 26.2 Å². The fourth-order valence-electron chi connectivity index (χ4n) is 2.91. The Kier molecular flexibility index (Phi) is 7.85. The van der Waals surface area contributed by atoms with E-state index in [-0.39, 0.29) is 23.3 Å². The molecule has 168 valence electrons. The summed E-state index contributed by atoms with van der Waals surface area (Å²) in [5.74, 6) is 0.773. The number of hydrogen-bond donors (Lipinski definition) is 1. The lowest BCUT2D eigenvalue weighted by Crippen LogP contribution is -2.28. The Bertz CT molecular complexity index is 1140. The Morgan fingerprint density at radius 3 is 2.44 bits per heavy atom. The number of carbonyl (C=O) groups excluding carboxylic acids is 2. The molecule has 1 amide bonds. The monoisotopic (exact) mass is 439 g/mol. The molecule has 3 rings (SSSR count). The molecule has 0 unspecified atom stereocenters. The highest BCUT2D eigenvalue weighted by molar-refractivity contribution is 5.96. The van der Waals surface area contributed by atoms with E-state index in [2.05, 4.69) is 5.32 Å². The first-order valence-electron chi connectivity index (χ1n) is 10.3. The van der Waals surface area contributed by atoms with Crippen LogP contribution >= 0.6 is 0 Å². The van der Waals surface area contributed by atoms with Gasteiger partial charge in [0.2, 0.25) is 0 Å². The summed E-state index contributed by atoms with van der Waals surface area (Å²) in [6, 6.07) is 13.3. The summed E-state index contributed by atoms with van der Waals surface area (Å²) in [5, 5.41) is 3.20. The Hall–Kier alpha value is -3.81. The van der Waals surface area contributed by atoms with Crippen LogP contribution in [0.5, 0.6) is 17.2 Å². The molecule has 3 aromatic rings. The Labute approximate surface area is 185 Å². The van der Waals surface area contributed by atoms with Gasteiger partial charge in [-0.15, -0.1) is 0 Å². The van der Waals surface area contributed by atoms with E-state index in [1.165, 1.54) is 12.1 Å². The Morgan fingerprint density at radius 2 is 1.72 bits per heavy atom. The molecule has 8 heteroatoms. The summed E-state index contributed by atoms with van der Waals surface area (Å²) < 4.78 is 21.2. The number of methoxy groups -OCH3 is 1. The van der Waals surface area contributed by atoms with E-state index in [0.717, 1.165) is 12.2 Å². The maximum Gasteiger partial charge on any atom is 0.349 e. The topological polar surface area (TPSA) is 104 Å². The molecule has 8 nitrogen and oxygen atoms in total. The van der Waals surface area contributed by atoms with Crippen molar-refractivity contribution >= 4 is 22.8 Å². The molecule has 0 aliphatic carbocycles. The van der Waals surface area contributed by atoms with Crippen LogP contribution in [-0.4, -0.2) is 32.1 Å². The highest BCUT2D eigenvalue weighted by Gasteiger charge is 2.14. The average molecular weight is 439 g/mol. The zero-order valence-electron chi connectivity index (χ0n) is 18.0. The number of carbonyl (C=O) groups is 2. The lowest BCUT2D eigenvalue weighted by atomic mass is 10.1. The SMILES string of the molecule is CCCNC(=O)c1cc2ccc(OC(=O)CCCOc3ccc(OC)cc3)cc2oc1=O. The molecule has 0 aliphatic heterocycles. The first-order chi connectivity index (χ1) is 15.5. The van der Waals surface area contributed by atoms with Gasteiger partial charge in [0.05, 0.1) is 13.7 Å². The molecule has 0 saturated heterocycles. The minimum absolute atomic E-state index is 0.0624. The minimum Gasteiger partial charge on any atom is -0.497 e. The molecule has 0 spiro atoms. The summed E-state index contributed by atoms with van der Waals surface area (Å²) in [5.41, 5.74) is -0.576. The van der Waals surface area contributed by atoms with Crippen molar-refractivity contribution in [2.75, 3.05) is 20.3 Å². The highest BCUT2D eigenvalue weighted by Crippen LogP contribution is 2.21. The molecule has 1 N–H and O–H groups in total. The number of rotatable bonds is 10. The number of benzene rings is 2.